The lowest BCUT2D eigenvalue weighted by atomic mass is 10.2. The van der Waals surface area contributed by atoms with Gasteiger partial charge in [0.25, 0.3) is 0 Å². The van der Waals surface area contributed by atoms with Crippen LogP contribution in [0, 0.1) is 0 Å². The Bertz CT molecular complexity index is 619. The van der Waals surface area contributed by atoms with E-state index in [4.69, 9.17) is 4.42 Å². The number of nitrogens with zero attached hydrogens (tertiary/aromatic N) is 3. The van der Waals surface area contributed by atoms with Gasteiger partial charge in [0.1, 0.15) is 5.76 Å². The van der Waals surface area contributed by atoms with Gasteiger partial charge in [-0.15, -0.1) is 0 Å². The second-order valence-electron chi connectivity index (χ2n) is 6.37. The van der Waals surface area contributed by atoms with Crippen molar-refractivity contribution in [2.75, 3.05) is 39.8 Å². The first kappa shape index (κ1) is 16.7. The Morgan fingerprint density at radius 1 is 1.04 bits per heavy atom. The van der Waals surface area contributed by atoms with E-state index in [1.807, 2.05) is 25.2 Å². The fraction of sp³-hybridized carbons (Fsp3) is 0.421. The van der Waals surface area contributed by atoms with Crippen LogP contribution >= 0.6 is 0 Å². The zero-order valence-corrected chi connectivity index (χ0v) is 14.2. The van der Waals surface area contributed by atoms with Crippen LogP contribution in [0.3, 0.4) is 0 Å². The van der Waals surface area contributed by atoms with E-state index in [9.17, 15) is 4.79 Å². The summed E-state index contributed by atoms with van der Waals surface area (Å²) in [5, 5.41) is 0. The molecule has 5 heteroatoms. The predicted molar refractivity (Wildman–Crippen MR) is 93.3 cm³/mol. The monoisotopic (exact) mass is 327 g/mol. The van der Waals surface area contributed by atoms with Gasteiger partial charge >= 0.3 is 0 Å². The molecule has 1 aromatic heterocycles. The molecule has 128 valence electrons. The van der Waals surface area contributed by atoms with Gasteiger partial charge < -0.3 is 9.32 Å². The van der Waals surface area contributed by atoms with Gasteiger partial charge in [0.2, 0.25) is 5.91 Å². The third kappa shape index (κ3) is 4.69. The zero-order valence-electron chi connectivity index (χ0n) is 14.2. The first-order chi connectivity index (χ1) is 11.7. The maximum absolute atomic E-state index is 12.3. The minimum atomic E-state index is 0.142. The van der Waals surface area contributed by atoms with Crippen LogP contribution in [0.25, 0.3) is 0 Å². The Labute approximate surface area is 143 Å². The molecule has 0 unspecified atom stereocenters. The van der Waals surface area contributed by atoms with Crippen molar-refractivity contribution in [2.24, 2.45) is 0 Å². The summed E-state index contributed by atoms with van der Waals surface area (Å²) in [5.41, 5.74) is 1.35. The van der Waals surface area contributed by atoms with Crippen LogP contribution in [0.2, 0.25) is 0 Å². The van der Waals surface area contributed by atoms with E-state index < -0.39 is 0 Å². The van der Waals surface area contributed by atoms with Crippen molar-refractivity contribution in [3.8, 4) is 0 Å². The van der Waals surface area contributed by atoms with Crippen LogP contribution in [0.15, 0.2) is 53.1 Å². The van der Waals surface area contributed by atoms with Gasteiger partial charge in [0.15, 0.2) is 0 Å². The molecule has 0 N–H and O–H groups in total. The van der Waals surface area contributed by atoms with Crippen molar-refractivity contribution < 1.29 is 9.21 Å². The van der Waals surface area contributed by atoms with Crippen LogP contribution in [-0.2, 0) is 17.9 Å². The van der Waals surface area contributed by atoms with Gasteiger partial charge in [-0.1, -0.05) is 30.3 Å². The van der Waals surface area contributed by atoms with Crippen LogP contribution < -0.4 is 0 Å². The smallest absolute Gasteiger partial charge is 0.236 e. The lowest BCUT2D eigenvalue weighted by Gasteiger charge is -2.35. The topological polar surface area (TPSA) is 39.9 Å². The summed E-state index contributed by atoms with van der Waals surface area (Å²) < 4.78 is 5.30. The normalized spacial score (nSPS) is 16.2. The number of hydrogen-bond acceptors (Lipinski definition) is 4. The molecule has 0 aliphatic carbocycles. The fourth-order valence-electron chi connectivity index (χ4n) is 2.98. The van der Waals surface area contributed by atoms with E-state index >= 15 is 0 Å². The third-order valence-electron chi connectivity index (χ3n) is 4.47. The average molecular weight is 327 g/mol. The molecule has 5 nitrogen and oxygen atoms in total. The molecule has 1 aromatic carbocycles. The van der Waals surface area contributed by atoms with Crippen LogP contribution in [0.1, 0.15) is 11.3 Å². The largest absolute Gasteiger partial charge is 0.467 e. The van der Waals surface area contributed by atoms with Gasteiger partial charge in [0, 0.05) is 39.8 Å². The number of carbonyl (C=O) groups excluding carboxylic acids is 1. The van der Waals surface area contributed by atoms with Gasteiger partial charge in [-0.25, -0.2) is 0 Å². The molecule has 2 heterocycles. The van der Waals surface area contributed by atoms with E-state index in [1.54, 1.807) is 11.2 Å². The molecule has 24 heavy (non-hydrogen) atoms. The second kappa shape index (κ2) is 8.13. The SMILES string of the molecule is CN(Cc1ccco1)C(=O)CN1CCN(Cc2ccccc2)CC1. The molecular formula is C19H25N3O2. The van der Waals surface area contributed by atoms with Crippen molar-refractivity contribution >= 4 is 5.91 Å². The van der Waals surface area contributed by atoms with E-state index in [0.717, 1.165) is 38.5 Å². The minimum Gasteiger partial charge on any atom is -0.467 e. The summed E-state index contributed by atoms with van der Waals surface area (Å²) in [6.45, 7) is 5.88. The van der Waals surface area contributed by atoms with Crippen LogP contribution in [0.5, 0.6) is 0 Å². The van der Waals surface area contributed by atoms with Gasteiger partial charge in [-0.2, -0.15) is 0 Å². The highest BCUT2D eigenvalue weighted by atomic mass is 16.3. The molecule has 0 bridgehead atoms. The summed E-state index contributed by atoms with van der Waals surface area (Å²) in [5.74, 6) is 0.960. The maximum Gasteiger partial charge on any atom is 0.236 e. The highest BCUT2D eigenvalue weighted by Crippen LogP contribution is 2.09. The summed E-state index contributed by atoms with van der Waals surface area (Å²) >= 11 is 0. The van der Waals surface area contributed by atoms with Gasteiger partial charge in [-0.05, 0) is 17.7 Å². The predicted octanol–water partition coefficient (Wildman–Crippen LogP) is 2.06. The van der Waals surface area contributed by atoms with Gasteiger partial charge in [-0.3, -0.25) is 14.6 Å². The lowest BCUT2D eigenvalue weighted by molar-refractivity contribution is -0.132. The zero-order chi connectivity index (χ0) is 16.8. The third-order valence-corrected chi connectivity index (χ3v) is 4.47. The van der Waals surface area contributed by atoms with Crippen molar-refractivity contribution in [1.82, 2.24) is 14.7 Å². The standard InChI is InChI=1S/C19H25N3O2/c1-20(15-18-8-5-13-24-18)19(23)16-22-11-9-21(10-12-22)14-17-6-3-2-4-7-17/h2-8,13H,9-12,14-16H2,1H3. The van der Waals surface area contributed by atoms with E-state index in [-0.39, 0.29) is 5.91 Å². The first-order valence-electron chi connectivity index (χ1n) is 8.46. The molecule has 1 saturated heterocycles. The maximum atomic E-state index is 12.3. The highest BCUT2D eigenvalue weighted by Gasteiger charge is 2.20. The molecular weight excluding hydrogens is 302 g/mol. The number of amides is 1. The average Bonchev–Trinajstić information content (AvgIpc) is 3.10. The summed E-state index contributed by atoms with van der Waals surface area (Å²) in [7, 11) is 1.83. The number of piperazine rings is 1. The Hall–Kier alpha value is -2.11. The number of furan rings is 1. The molecule has 3 rings (SSSR count). The van der Waals surface area contributed by atoms with Crippen molar-refractivity contribution in [2.45, 2.75) is 13.1 Å². The number of hydrogen-bond donors (Lipinski definition) is 0. The first-order valence-corrected chi connectivity index (χ1v) is 8.46. The molecule has 1 aliphatic heterocycles. The van der Waals surface area contributed by atoms with Gasteiger partial charge in [0.05, 0.1) is 19.4 Å². The van der Waals surface area contributed by atoms with E-state index in [0.29, 0.717) is 13.1 Å². The quantitative estimate of drug-likeness (QED) is 0.814. The van der Waals surface area contributed by atoms with Crippen LogP contribution in [0.4, 0.5) is 0 Å². The van der Waals surface area contributed by atoms with Crippen molar-refractivity contribution in [1.29, 1.82) is 0 Å². The number of likely N-dealkylation sites (N-methyl/N-ethyl adjacent to an activating group) is 1. The molecule has 0 saturated carbocycles. The number of benzene rings is 1. The molecule has 1 aliphatic rings. The van der Waals surface area contributed by atoms with Crippen molar-refractivity contribution in [3.63, 3.8) is 0 Å². The summed E-state index contributed by atoms with van der Waals surface area (Å²) in [6, 6.07) is 14.3. The number of rotatable bonds is 6. The Kier molecular flexibility index (Phi) is 5.67. The molecule has 0 spiro atoms. The minimum absolute atomic E-state index is 0.142. The Morgan fingerprint density at radius 3 is 2.42 bits per heavy atom. The molecule has 1 amide bonds. The summed E-state index contributed by atoms with van der Waals surface area (Å²) in [6.07, 6.45) is 1.64. The Morgan fingerprint density at radius 2 is 1.75 bits per heavy atom. The van der Waals surface area contributed by atoms with Crippen molar-refractivity contribution in [3.05, 3.63) is 60.1 Å². The van der Waals surface area contributed by atoms with Crippen LogP contribution in [-0.4, -0.2) is 60.4 Å². The molecule has 2 aromatic rings. The molecule has 0 radical (unpaired) electrons. The highest BCUT2D eigenvalue weighted by molar-refractivity contribution is 5.77. The number of carbonyl (C=O) groups is 1. The van der Waals surface area contributed by atoms with E-state index in [2.05, 4.69) is 34.1 Å². The second-order valence-corrected chi connectivity index (χ2v) is 6.37. The van der Waals surface area contributed by atoms with E-state index in [1.165, 1.54) is 5.56 Å². The summed E-state index contributed by atoms with van der Waals surface area (Å²) in [4.78, 5) is 18.8. The fourth-order valence-corrected chi connectivity index (χ4v) is 2.98. The molecule has 0 atom stereocenters. The molecule has 1 fully saturated rings. The lowest BCUT2D eigenvalue weighted by Crippen LogP contribution is -2.49. The Balaban J connectivity index is 1.41.